The molecule has 1 fully saturated rings. The summed E-state index contributed by atoms with van der Waals surface area (Å²) in [4.78, 5) is 19.7. The number of aryl methyl sites for hydroxylation is 1. The highest BCUT2D eigenvalue weighted by Crippen LogP contribution is 2.64. The average Bonchev–Trinajstić information content (AvgIpc) is 2.73. The first-order valence-electron chi connectivity index (χ1n) is 6.40. The zero-order valence-electron chi connectivity index (χ0n) is 11.5. The summed E-state index contributed by atoms with van der Waals surface area (Å²) in [6.07, 6.45) is 1.68. The van der Waals surface area contributed by atoms with Crippen LogP contribution in [0, 0.1) is 18.3 Å². The summed E-state index contributed by atoms with van der Waals surface area (Å²) >= 11 is 0. The molecule has 0 amide bonds. The van der Waals surface area contributed by atoms with Gasteiger partial charge in [-0.25, -0.2) is 0 Å². The van der Waals surface area contributed by atoms with Gasteiger partial charge in [-0.1, -0.05) is 19.0 Å². The number of rotatable bonds is 3. The fraction of sp³-hybridized carbons (Fsp3) is 0.429. The van der Waals surface area contributed by atoms with Crippen molar-refractivity contribution in [2.45, 2.75) is 26.7 Å². The van der Waals surface area contributed by atoms with Gasteiger partial charge in [0.15, 0.2) is 0 Å². The van der Waals surface area contributed by atoms with E-state index in [0.717, 1.165) is 5.56 Å². The maximum atomic E-state index is 11.2. The fourth-order valence-corrected chi connectivity index (χ4v) is 2.68. The van der Waals surface area contributed by atoms with Crippen molar-refractivity contribution in [3.63, 3.8) is 0 Å². The second-order valence-corrected chi connectivity index (χ2v) is 5.79. The van der Waals surface area contributed by atoms with Gasteiger partial charge in [0, 0.05) is 6.20 Å². The van der Waals surface area contributed by atoms with Gasteiger partial charge >= 0.3 is 5.97 Å². The highest BCUT2D eigenvalue weighted by molar-refractivity contribution is 5.77. The van der Waals surface area contributed by atoms with Crippen molar-refractivity contribution in [3.8, 4) is 11.5 Å². The van der Waals surface area contributed by atoms with Gasteiger partial charge in [-0.2, -0.15) is 4.98 Å². The van der Waals surface area contributed by atoms with Crippen LogP contribution in [0.3, 0.4) is 0 Å². The third kappa shape index (κ3) is 1.88. The quantitative estimate of drug-likeness (QED) is 0.922. The van der Waals surface area contributed by atoms with Crippen molar-refractivity contribution in [3.05, 3.63) is 29.8 Å². The van der Waals surface area contributed by atoms with E-state index in [0.29, 0.717) is 17.4 Å². The zero-order valence-corrected chi connectivity index (χ0v) is 11.5. The van der Waals surface area contributed by atoms with Crippen molar-refractivity contribution in [1.29, 1.82) is 0 Å². The van der Waals surface area contributed by atoms with E-state index in [9.17, 15) is 9.90 Å². The molecule has 1 aliphatic carbocycles. The number of aromatic nitrogens is 3. The van der Waals surface area contributed by atoms with E-state index in [1.165, 1.54) is 0 Å². The van der Waals surface area contributed by atoms with E-state index in [4.69, 9.17) is 4.52 Å². The third-order valence-electron chi connectivity index (χ3n) is 3.95. The number of pyridine rings is 1. The summed E-state index contributed by atoms with van der Waals surface area (Å²) in [6, 6.07) is 3.75. The van der Waals surface area contributed by atoms with Gasteiger partial charge in [0.1, 0.15) is 5.69 Å². The molecular weight excluding hydrogens is 258 g/mol. The SMILES string of the molecule is Cc1ccnc(-c2noc(C3C(C(=O)O)C3(C)C)n2)c1. The zero-order chi connectivity index (χ0) is 14.5. The Balaban J connectivity index is 1.91. The molecule has 20 heavy (non-hydrogen) atoms. The lowest BCUT2D eigenvalue weighted by Crippen LogP contribution is -2.03. The molecule has 2 unspecified atom stereocenters. The van der Waals surface area contributed by atoms with Crippen LogP contribution >= 0.6 is 0 Å². The van der Waals surface area contributed by atoms with Crippen molar-refractivity contribution >= 4 is 5.97 Å². The van der Waals surface area contributed by atoms with E-state index >= 15 is 0 Å². The molecule has 0 aromatic carbocycles. The van der Waals surface area contributed by atoms with Gasteiger partial charge in [0.25, 0.3) is 0 Å². The van der Waals surface area contributed by atoms with E-state index < -0.39 is 11.9 Å². The van der Waals surface area contributed by atoms with E-state index in [1.807, 2.05) is 32.9 Å². The minimum Gasteiger partial charge on any atom is -0.481 e. The molecule has 0 bridgehead atoms. The molecule has 0 radical (unpaired) electrons. The predicted molar refractivity (Wildman–Crippen MR) is 69.9 cm³/mol. The summed E-state index contributed by atoms with van der Waals surface area (Å²) in [6.45, 7) is 5.74. The van der Waals surface area contributed by atoms with Crippen LogP contribution in [-0.2, 0) is 4.79 Å². The lowest BCUT2D eigenvalue weighted by molar-refractivity contribution is -0.139. The van der Waals surface area contributed by atoms with E-state index in [-0.39, 0.29) is 11.3 Å². The number of carbonyl (C=O) groups is 1. The molecule has 0 aliphatic heterocycles. The van der Waals surface area contributed by atoms with Crippen molar-refractivity contribution in [2.75, 3.05) is 0 Å². The third-order valence-corrected chi connectivity index (χ3v) is 3.95. The first kappa shape index (κ1) is 12.8. The van der Waals surface area contributed by atoms with Gasteiger partial charge in [-0.05, 0) is 30.0 Å². The van der Waals surface area contributed by atoms with Crippen LogP contribution in [0.1, 0.15) is 31.2 Å². The lowest BCUT2D eigenvalue weighted by atomic mass is 10.1. The summed E-state index contributed by atoms with van der Waals surface area (Å²) in [5, 5.41) is 13.1. The number of aliphatic carboxylic acids is 1. The molecule has 6 nitrogen and oxygen atoms in total. The molecule has 2 aromatic heterocycles. The summed E-state index contributed by atoms with van der Waals surface area (Å²) in [5.74, 6) is -0.753. The predicted octanol–water partition coefficient (Wildman–Crippen LogP) is 2.26. The Morgan fingerprint density at radius 1 is 1.45 bits per heavy atom. The average molecular weight is 273 g/mol. The second-order valence-electron chi connectivity index (χ2n) is 5.79. The van der Waals surface area contributed by atoms with Crippen molar-refractivity contribution in [2.24, 2.45) is 11.3 Å². The Morgan fingerprint density at radius 3 is 2.80 bits per heavy atom. The second kappa shape index (κ2) is 4.13. The molecule has 1 N–H and O–H groups in total. The Morgan fingerprint density at radius 2 is 2.20 bits per heavy atom. The Bertz CT molecular complexity index is 678. The molecule has 3 rings (SSSR count). The summed E-state index contributed by atoms with van der Waals surface area (Å²) in [5.41, 5.74) is 1.33. The smallest absolute Gasteiger partial charge is 0.307 e. The molecule has 0 spiro atoms. The monoisotopic (exact) mass is 273 g/mol. The molecule has 2 atom stereocenters. The van der Waals surface area contributed by atoms with Crippen LogP contribution in [0.5, 0.6) is 0 Å². The lowest BCUT2D eigenvalue weighted by Gasteiger charge is -1.96. The normalized spacial score (nSPS) is 23.6. The Kier molecular flexibility index (Phi) is 2.64. The Hall–Kier alpha value is -2.24. The number of hydrogen-bond acceptors (Lipinski definition) is 5. The number of nitrogens with zero attached hydrogens (tertiary/aromatic N) is 3. The molecule has 0 saturated heterocycles. The van der Waals surface area contributed by atoms with Crippen molar-refractivity contribution < 1.29 is 14.4 Å². The van der Waals surface area contributed by atoms with Gasteiger partial charge < -0.3 is 9.63 Å². The number of hydrogen-bond donors (Lipinski definition) is 1. The molecule has 6 heteroatoms. The van der Waals surface area contributed by atoms with Gasteiger partial charge in [-0.3, -0.25) is 9.78 Å². The van der Waals surface area contributed by atoms with E-state index in [2.05, 4.69) is 15.1 Å². The molecular formula is C14H15N3O3. The van der Waals surface area contributed by atoms with Crippen LogP contribution in [0.15, 0.2) is 22.9 Å². The maximum absolute atomic E-state index is 11.2. The van der Waals surface area contributed by atoms with Crippen molar-refractivity contribution in [1.82, 2.24) is 15.1 Å². The summed E-state index contributed by atoms with van der Waals surface area (Å²) in [7, 11) is 0. The highest BCUT2D eigenvalue weighted by atomic mass is 16.5. The van der Waals surface area contributed by atoms with Crippen LogP contribution in [0.4, 0.5) is 0 Å². The van der Waals surface area contributed by atoms with Crippen LogP contribution in [0.2, 0.25) is 0 Å². The van der Waals surface area contributed by atoms with Gasteiger partial charge in [0.2, 0.25) is 11.7 Å². The molecule has 104 valence electrons. The molecule has 2 heterocycles. The van der Waals surface area contributed by atoms with Gasteiger partial charge in [0.05, 0.1) is 11.8 Å². The largest absolute Gasteiger partial charge is 0.481 e. The molecule has 1 saturated carbocycles. The summed E-state index contributed by atoms with van der Waals surface area (Å²) < 4.78 is 5.23. The highest BCUT2D eigenvalue weighted by Gasteiger charge is 2.65. The first-order chi connectivity index (χ1) is 9.41. The van der Waals surface area contributed by atoms with Gasteiger partial charge in [-0.15, -0.1) is 0 Å². The van der Waals surface area contributed by atoms with Crippen LogP contribution in [0.25, 0.3) is 11.5 Å². The standard InChI is InChI=1S/C14H15N3O3/c1-7-4-5-15-8(6-7)11-16-12(20-17-11)9-10(13(18)19)14(9,2)3/h4-6,9-10H,1-3H3,(H,18,19). The minimum atomic E-state index is -0.826. The maximum Gasteiger partial charge on any atom is 0.307 e. The number of carboxylic acid groups (broad SMARTS) is 1. The topological polar surface area (TPSA) is 89.1 Å². The number of carboxylic acids is 1. The Labute approximate surface area is 115 Å². The van der Waals surface area contributed by atoms with Crippen LogP contribution < -0.4 is 0 Å². The molecule has 1 aliphatic rings. The van der Waals surface area contributed by atoms with Crippen LogP contribution in [-0.4, -0.2) is 26.2 Å². The van der Waals surface area contributed by atoms with E-state index in [1.54, 1.807) is 6.20 Å². The minimum absolute atomic E-state index is 0.231. The fourth-order valence-electron chi connectivity index (χ4n) is 2.68. The molecule has 2 aromatic rings. The first-order valence-corrected chi connectivity index (χ1v) is 6.40.